The minimum atomic E-state index is -0.997. The first-order chi connectivity index (χ1) is 10.1. The lowest BCUT2D eigenvalue weighted by molar-refractivity contribution is -0.131. The Morgan fingerprint density at radius 1 is 1.19 bits per heavy atom. The number of nitrogens with zero attached hydrogens (tertiary/aromatic N) is 2. The topological polar surface area (TPSA) is 54.6 Å². The molecule has 4 nitrogen and oxygen atoms in total. The molecule has 1 N–H and O–H groups in total. The third-order valence-electron chi connectivity index (χ3n) is 3.07. The summed E-state index contributed by atoms with van der Waals surface area (Å²) in [4.78, 5) is 15.4. The van der Waals surface area contributed by atoms with Gasteiger partial charge in [-0.1, -0.05) is 29.8 Å². The molecule has 0 atom stereocenters. The van der Waals surface area contributed by atoms with Crippen LogP contribution in [-0.4, -0.2) is 20.5 Å². The van der Waals surface area contributed by atoms with Crippen LogP contribution in [0.15, 0.2) is 54.7 Å². The molecule has 104 valence electrons. The summed E-state index contributed by atoms with van der Waals surface area (Å²) in [5, 5.41) is 9.49. The maximum Gasteiger partial charge on any atom is 0.328 e. The molecule has 0 saturated carbocycles. The van der Waals surface area contributed by atoms with E-state index in [0.717, 1.165) is 28.7 Å². The van der Waals surface area contributed by atoms with Gasteiger partial charge in [0.05, 0.1) is 11.4 Å². The van der Waals surface area contributed by atoms with Crippen molar-refractivity contribution in [2.75, 3.05) is 0 Å². The van der Waals surface area contributed by atoms with Gasteiger partial charge in [-0.15, -0.1) is 0 Å². The van der Waals surface area contributed by atoms with Crippen molar-refractivity contribution in [1.29, 1.82) is 0 Å². The number of halogens is 1. The number of carboxylic acids is 1. The smallest absolute Gasteiger partial charge is 0.328 e. The number of hydrogen-bond acceptors (Lipinski definition) is 2. The molecule has 21 heavy (non-hydrogen) atoms. The fraction of sp³-hybridized carbons (Fsp3) is 0. The molecule has 2 heterocycles. The van der Waals surface area contributed by atoms with Gasteiger partial charge in [-0.05, 0) is 30.3 Å². The zero-order valence-electron chi connectivity index (χ0n) is 10.9. The van der Waals surface area contributed by atoms with E-state index in [1.165, 1.54) is 0 Å². The first kappa shape index (κ1) is 13.4. The maximum absolute atomic E-state index is 10.8. The minimum absolute atomic E-state index is 0.644. The number of pyridine rings is 1. The van der Waals surface area contributed by atoms with Crippen LogP contribution >= 0.6 is 11.6 Å². The Morgan fingerprint density at radius 3 is 2.67 bits per heavy atom. The van der Waals surface area contributed by atoms with Gasteiger partial charge in [0, 0.05) is 22.9 Å². The summed E-state index contributed by atoms with van der Waals surface area (Å²) in [5.74, 6) is -0.997. The second-order valence-electron chi connectivity index (χ2n) is 4.45. The van der Waals surface area contributed by atoms with Gasteiger partial charge in [-0.2, -0.15) is 0 Å². The van der Waals surface area contributed by atoms with Crippen molar-refractivity contribution >= 4 is 29.3 Å². The highest BCUT2D eigenvalue weighted by molar-refractivity contribution is 6.30. The molecule has 2 aromatic heterocycles. The zero-order chi connectivity index (χ0) is 14.8. The predicted molar refractivity (Wildman–Crippen MR) is 82.3 cm³/mol. The molecule has 5 heteroatoms. The third-order valence-corrected chi connectivity index (χ3v) is 3.32. The molecule has 0 aliphatic rings. The van der Waals surface area contributed by atoms with E-state index in [2.05, 4.69) is 4.98 Å². The number of fused-ring (bicyclic) bond motifs is 1. The molecular formula is C16H11ClN2O2. The third kappa shape index (κ3) is 2.66. The first-order valence-electron chi connectivity index (χ1n) is 6.29. The summed E-state index contributed by atoms with van der Waals surface area (Å²) in [5.41, 5.74) is 3.08. The molecule has 0 saturated heterocycles. The Kier molecular flexibility index (Phi) is 3.46. The molecule has 0 amide bonds. The number of aliphatic carboxylic acids is 1. The van der Waals surface area contributed by atoms with E-state index in [0.29, 0.717) is 5.02 Å². The van der Waals surface area contributed by atoms with Crippen molar-refractivity contribution < 1.29 is 9.90 Å². The van der Waals surface area contributed by atoms with E-state index >= 15 is 0 Å². The molecule has 1 aromatic carbocycles. The molecule has 0 radical (unpaired) electrons. The van der Waals surface area contributed by atoms with Gasteiger partial charge in [-0.3, -0.25) is 4.40 Å². The van der Waals surface area contributed by atoms with Gasteiger partial charge in [0.15, 0.2) is 0 Å². The Morgan fingerprint density at radius 2 is 1.95 bits per heavy atom. The quantitative estimate of drug-likeness (QED) is 0.749. The number of benzene rings is 1. The monoisotopic (exact) mass is 298 g/mol. The van der Waals surface area contributed by atoms with Crippen molar-refractivity contribution in [1.82, 2.24) is 9.38 Å². The highest BCUT2D eigenvalue weighted by atomic mass is 35.5. The number of carboxylic acid groups (broad SMARTS) is 1. The highest BCUT2D eigenvalue weighted by Crippen LogP contribution is 2.26. The van der Waals surface area contributed by atoms with Crippen LogP contribution in [0.3, 0.4) is 0 Å². The average molecular weight is 299 g/mol. The Labute approximate surface area is 125 Å². The van der Waals surface area contributed by atoms with Gasteiger partial charge in [0.25, 0.3) is 0 Å². The fourth-order valence-electron chi connectivity index (χ4n) is 2.14. The fourth-order valence-corrected chi connectivity index (χ4v) is 2.27. The molecule has 0 unspecified atom stereocenters. The second-order valence-corrected chi connectivity index (χ2v) is 4.89. The minimum Gasteiger partial charge on any atom is -0.478 e. The number of carbonyl (C=O) groups is 1. The van der Waals surface area contributed by atoms with Gasteiger partial charge in [0.2, 0.25) is 0 Å². The van der Waals surface area contributed by atoms with E-state index in [4.69, 9.17) is 16.7 Å². The van der Waals surface area contributed by atoms with Crippen LogP contribution in [0.5, 0.6) is 0 Å². The Hall–Kier alpha value is -2.59. The SMILES string of the molecule is O=C(O)C=Cc1c(-c2ccc(Cl)cc2)nc2ccccn12. The van der Waals surface area contributed by atoms with Crippen molar-refractivity contribution in [3.63, 3.8) is 0 Å². The zero-order valence-corrected chi connectivity index (χ0v) is 11.7. The van der Waals surface area contributed by atoms with Crippen LogP contribution in [-0.2, 0) is 4.79 Å². The van der Waals surface area contributed by atoms with E-state index < -0.39 is 5.97 Å². The van der Waals surface area contributed by atoms with E-state index in [-0.39, 0.29) is 0 Å². The second kappa shape index (κ2) is 5.42. The summed E-state index contributed by atoms with van der Waals surface area (Å²) < 4.78 is 1.85. The lowest BCUT2D eigenvalue weighted by atomic mass is 10.1. The highest BCUT2D eigenvalue weighted by Gasteiger charge is 2.11. The summed E-state index contributed by atoms with van der Waals surface area (Å²) in [6, 6.07) is 12.9. The number of imidazole rings is 1. The Balaban J connectivity index is 2.23. The standard InChI is InChI=1S/C16H11ClN2O2/c17-12-6-4-11(5-7-12)16-13(8-9-15(20)21)19-10-2-1-3-14(19)18-16/h1-10H,(H,20,21). The Bertz CT molecular complexity index is 835. The lowest BCUT2D eigenvalue weighted by Crippen LogP contribution is -1.90. The van der Waals surface area contributed by atoms with Gasteiger partial charge in [0.1, 0.15) is 5.65 Å². The van der Waals surface area contributed by atoms with Crippen molar-refractivity contribution in [3.8, 4) is 11.3 Å². The number of aromatic nitrogens is 2. The predicted octanol–water partition coefficient (Wildman–Crippen LogP) is 3.75. The number of rotatable bonds is 3. The molecule has 0 spiro atoms. The van der Waals surface area contributed by atoms with Crippen molar-refractivity contribution in [2.45, 2.75) is 0 Å². The molecule has 3 aromatic rings. The van der Waals surface area contributed by atoms with E-state index in [1.807, 2.05) is 40.9 Å². The van der Waals surface area contributed by atoms with Crippen LogP contribution in [0.4, 0.5) is 0 Å². The summed E-state index contributed by atoms with van der Waals surface area (Å²) in [6.45, 7) is 0. The van der Waals surface area contributed by atoms with E-state index in [9.17, 15) is 4.79 Å². The normalized spacial score (nSPS) is 11.3. The lowest BCUT2D eigenvalue weighted by Gasteiger charge is -2.00. The summed E-state index contributed by atoms with van der Waals surface area (Å²) >= 11 is 5.90. The number of hydrogen-bond donors (Lipinski definition) is 1. The van der Waals surface area contributed by atoms with Crippen LogP contribution in [0.1, 0.15) is 5.69 Å². The van der Waals surface area contributed by atoms with Crippen LogP contribution in [0, 0.1) is 0 Å². The summed E-state index contributed by atoms with van der Waals surface area (Å²) in [7, 11) is 0. The van der Waals surface area contributed by atoms with Crippen LogP contribution < -0.4 is 0 Å². The largest absolute Gasteiger partial charge is 0.478 e. The molecule has 3 rings (SSSR count). The van der Waals surface area contributed by atoms with Gasteiger partial charge >= 0.3 is 5.97 Å². The molecule has 0 aliphatic heterocycles. The van der Waals surface area contributed by atoms with Crippen LogP contribution in [0.2, 0.25) is 5.02 Å². The summed E-state index contributed by atoms with van der Waals surface area (Å²) in [6.07, 6.45) is 4.51. The average Bonchev–Trinajstić information content (AvgIpc) is 2.84. The van der Waals surface area contributed by atoms with Gasteiger partial charge < -0.3 is 5.11 Å². The molecule has 0 bridgehead atoms. The molecular weight excluding hydrogens is 288 g/mol. The molecule has 0 fully saturated rings. The first-order valence-corrected chi connectivity index (χ1v) is 6.67. The van der Waals surface area contributed by atoms with Crippen molar-refractivity contribution in [2.24, 2.45) is 0 Å². The van der Waals surface area contributed by atoms with Gasteiger partial charge in [-0.25, -0.2) is 9.78 Å². The van der Waals surface area contributed by atoms with Crippen LogP contribution in [0.25, 0.3) is 23.0 Å². The van der Waals surface area contributed by atoms with Crippen molar-refractivity contribution in [3.05, 3.63) is 65.5 Å². The van der Waals surface area contributed by atoms with E-state index in [1.54, 1.807) is 18.2 Å². The molecule has 0 aliphatic carbocycles. The maximum atomic E-state index is 10.8.